The molecule has 2 nitrogen and oxygen atoms in total. The Labute approximate surface area is 130 Å². The molecule has 0 radical (unpaired) electrons. The predicted octanol–water partition coefficient (Wildman–Crippen LogP) is 3.51. The molecule has 0 bridgehead atoms. The third-order valence-electron chi connectivity index (χ3n) is 3.29. The van der Waals surface area contributed by atoms with Crippen molar-refractivity contribution in [3.05, 3.63) is 20.8 Å². The number of thioether (sulfide) groups is 2. The van der Waals surface area contributed by atoms with E-state index in [9.17, 15) is 0 Å². The number of hydrogen-bond donors (Lipinski definition) is 2. The molecule has 1 saturated heterocycles. The lowest BCUT2D eigenvalue weighted by Crippen LogP contribution is -2.47. The van der Waals surface area contributed by atoms with Gasteiger partial charge in [-0.05, 0) is 34.5 Å². The van der Waals surface area contributed by atoms with Crippen molar-refractivity contribution in [2.75, 3.05) is 5.75 Å². The molecule has 0 amide bonds. The molecule has 0 saturated carbocycles. The third-order valence-corrected chi connectivity index (χ3v) is 8.48. The van der Waals surface area contributed by atoms with Gasteiger partial charge < -0.3 is 0 Å². The maximum absolute atomic E-state index is 5.76. The van der Waals surface area contributed by atoms with Gasteiger partial charge >= 0.3 is 0 Å². The van der Waals surface area contributed by atoms with Gasteiger partial charge in [0, 0.05) is 32.4 Å². The Kier molecular flexibility index (Phi) is 5.90. The fraction of sp³-hybridized carbons (Fsp3) is 0.667. The van der Waals surface area contributed by atoms with Crippen molar-refractivity contribution in [3.8, 4) is 0 Å². The highest BCUT2D eigenvalue weighted by Gasteiger charge is 2.31. The van der Waals surface area contributed by atoms with Crippen LogP contribution in [0.25, 0.3) is 0 Å². The average molecular weight is 367 g/mol. The summed E-state index contributed by atoms with van der Waals surface area (Å²) in [6.07, 6.45) is 1.02. The lowest BCUT2D eigenvalue weighted by molar-refractivity contribution is 0.524. The molecule has 0 aliphatic carbocycles. The van der Waals surface area contributed by atoms with E-state index in [2.05, 4.69) is 70.9 Å². The van der Waals surface area contributed by atoms with Crippen molar-refractivity contribution in [2.45, 2.75) is 42.1 Å². The largest absolute Gasteiger partial charge is 0.271 e. The number of halogens is 1. The van der Waals surface area contributed by atoms with E-state index in [4.69, 9.17) is 5.84 Å². The maximum atomic E-state index is 5.76. The van der Waals surface area contributed by atoms with Crippen LogP contribution in [0.4, 0.5) is 0 Å². The number of thiophene rings is 1. The van der Waals surface area contributed by atoms with E-state index in [0.717, 1.165) is 11.7 Å². The van der Waals surface area contributed by atoms with Gasteiger partial charge in [0.15, 0.2) is 0 Å². The van der Waals surface area contributed by atoms with Gasteiger partial charge in [0.1, 0.15) is 0 Å². The Balaban J connectivity index is 1.96. The second-order valence-electron chi connectivity index (χ2n) is 4.60. The van der Waals surface area contributed by atoms with Crippen LogP contribution in [0.2, 0.25) is 0 Å². The molecular formula is C12H19BrN2S3. The third kappa shape index (κ3) is 3.90. The van der Waals surface area contributed by atoms with Gasteiger partial charge in [-0.15, -0.1) is 11.3 Å². The van der Waals surface area contributed by atoms with E-state index in [0.29, 0.717) is 16.5 Å². The van der Waals surface area contributed by atoms with Crippen molar-refractivity contribution < 1.29 is 0 Å². The molecule has 1 fully saturated rings. The Hall–Kier alpha value is 0.800. The first-order valence-electron chi connectivity index (χ1n) is 6.07. The fourth-order valence-electron chi connectivity index (χ4n) is 1.99. The van der Waals surface area contributed by atoms with E-state index in [1.165, 1.54) is 14.4 Å². The van der Waals surface area contributed by atoms with Crippen LogP contribution in [0.3, 0.4) is 0 Å². The van der Waals surface area contributed by atoms with Gasteiger partial charge in [0.2, 0.25) is 0 Å². The van der Waals surface area contributed by atoms with Crippen LogP contribution in [0.5, 0.6) is 0 Å². The molecule has 4 atom stereocenters. The van der Waals surface area contributed by atoms with Crippen molar-refractivity contribution in [2.24, 2.45) is 5.84 Å². The lowest BCUT2D eigenvalue weighted by Gasteiger charge is -2.35. The van der Waals surface area contributed by atoms with Crippen LogP contribution in [-0.2, 0) is 6.42 Å². The summed E-state index contributed by atoms with van der Waals surface area (Å²) in [4.78, 5) is 1.39. The highest BCUT2D eigenvalue weighted by atomic mass is 79.9. The zero-order valence-corrected chi connectivity index (χ0v) is 14.6. The van der Waals surface area contributed by atoms with Crippen molar-refractivity contribution in [1.29, 1.82) is 0 Å². The molecule has 3 N–H and O–H groups in total. The summed E-state index contributed by atoms with van der Waals surface area (Å²) in [6.45, 7) is 4.64. The van der Waals surface area contributed by atoms with E-state index < -0.39 is 0 Å². The molecule has 2 rings (SSSR count). The highest BCUT2D eigenvalue weighted by molar-refractivity contribution is 9.11. The second kappa shape index (κ2) is 6.99. The summed E-state index contributed by atoms with van der Waals surface area (Å²) >= 11 is 9.47. The zero-order valence-electron chi connectivity index (χ0n) is 10.6. The SMILES string of the molecule is CC1SCC(C(Cc2ccc(Br)s2)NN)SC1C. The van der Waals surface area contributed by atoms with Crippen LogP contribution in [-0.4, -0.2) is 27.5 Å². The number of nitrogens with two attached hydrogens (primary N) is 1. The summed E-state index contributed by atoms with van der Waals surface area (Å²) in [5, 5.41) is 2.06. The molecule has 1 aromatic rings. The first-order chi connectivity index (χ1) is 8.60. The fourth-order valence-corrected chi connectivity index (χ4v) is 6.65. The Morgan fingerprint density at radius 1 is 1.44 bits per heavy atom. The van der Waals surface area contributed by atoms with Crippen molar-refractivity contribution in [3.63, 3.8) is 0 Å². The van der Waals surface area contributed by atoms with Crippen LogP contribution in [0.1, 0.15) is 18.7 Å². The van der Waals surface area contributed by atoms with Crippen LogP contribution in [0.15, 0.2) is 15.9 Å². The molecule has 102 valence electrons. The normalized spacial score (nSPS) is 30.3. The Bertz CT molecular complexity index is 385. The molecule has 18 heavy (non-hydrogen) atoms. The molecule has 1 aliphatic heterocycles. The van der Waals surface area contributed by atoms with E-state index >= 15 is 0 Å². The molecule has 2 heterocycles. The van der Waals surface area contributed by atoms with Gasteiger partial charge in [-0.1, -0.05) is 13.8 Å². The molecule has 0 spiro atoms. The maximum Gasteiger partial charge on any atom is 0.0701 e. The summed E-state index contributed by atoms with van der Waals surface area (Å²) < 4.78 is 1.20. The lowest BCUT2D eigenvalue weighted by atomic mass is 10.1. The van der Waals surface area contributed by atoms with E-state index in [1.54, 1.807) is 11.3 Å². The topological polar surface area (TPSA) is 38.0 Å². The second-order valence-corrected chi connectivity index (χ2v) is 10.2. The standard InChI is InChI=1S/C12H19BrN2S3/c1-7-8(2)17-11(6-16-7)10(15-14)5-9-3-4-12(13)18-9/h3-4,7-8,10-11,15H,5-6,14H2,1-2H3. The number of nitrogens with one attached hydrogen (secondary N) is 1. The van der Waals surface area contributed by atoms with Gasteiger partial charge in [-0.25, -0.2) is 0 Å². The van der Waals surface area contributed by atoms with Gasteiger partial charge in [0.25, 0.3) is 0 Å². The minimum atomic E-state index is 0.364. The summed E-state index contributed by atoms with van der Waals surface area (Å²) in [7, 11) is 0. The first-order valence-corrected chi connectivity index (χ1v) is 9.67. The van der Waals surface area contributed by atoms with Crippen molar-refractivity contribution >= 4 is 50.8 Å². The number of hydrazine groups is 1. The van der Waals surface area contributed by atoms with E-state index in [-0.39, 0.29) is 0 Å². The smallest absolute Gasteiger partial charge is 0.0701 e. The summed E-state index contributed by atoms with van der Waals surface area (Å²) in [5.41, 5.74) is 3.02. The van der Waals surface area contributed by atoms with Crippen LogP contribution < -0.4 is 11.3 Å². The van der Waals surface area contributed by atoms with Crippen molar-refractivity contribution in [1.82, 2.24) is 5.43 Å². The Morgan fingerprint density at radius 3 is 2.78 bits per heavy atom. The predicted molar refractivity (Wildman–Crippen MR) is 89.6 cm³/mol. The average Bonchev–Trinajstić information content (AvgIpc) is 2.75. The number of hydrogen-bond acceptors (Lipinski definition) is 5. The van der Waals surface area contributed by atoms with Crippen LogP contribution >= 0.6 is 50.8 Å². The Morgan fingerprint density at radius 2 is 2.22 bits per heavy atom. The molecule has 4 unspecified atom stereocenters. The molecule has 1 aliphatic rings. The highest BCUT2D eigenvalue weighted by Crippen LogP contribution is 2.38. The van der Waals surface area contributed by atoms with Gasteiger partial charge in [-0.3, -0.25) is 11.3 Å². The molecule has 6 heteroatoms. The minimum Gasteiger partial charge on any atom is -0.271 e. The van der Waals surface area contributed by atoms with Crippen LogP contribution in [0, 0.1) is 0 Å². The minimum absolute atomic E-state index is 0.364. The number of rotatable bonds is 4. The van der Waals surface area contributed by atoms with Gasteiger partial charge in [0.05, 0.1) is 3.79 Å². The first kappa shape index (κ1) is 15.2. The molecule has 0 aromatic carbocycles. The van der Waals surface area contributed by atoms with E-state index in [1.807, 2.05) is 0 Å². The molecular weight excluding hydrogens is 348 g/mol. The zero-order chi connectivity index (χ0) is 13.1. The molecule has 1 aromatic heterocycles. The summed E-state index contributed by atoms with van der Waals surface area (Å²) in [6, 6.07) is 4.66. The quantitative estimate of drug-likeness (QED) is 0.631. The monoisotopic (exact) mass is 366 g/mol. The summed E-state index contributed by atoms with van der Waals surface area (Å²) in [5.74, 6) is 6.95. The van der Waals surface area contributed by atoms with Gasteiger partial charge in [-0.2, -0.15) is 23.5 Å².